The number of likely N-dealkylation sites (N-methyl/N-ethyl adjacent to an activating group) is 1. The Hall–Kier alpha value is -4.05. The van der Waals surface area contributed by atoms with Gasteiger partial charge in [0.15, 0.2) is 6.10 Å². The number of carboxylic acids is 1. The standard InChI is InChI=1S/C71H121NO8/c1-6-8-10-12-14-16-18-20-22-24-25-26-27-28-29-30-31-32-33-34-35-36-37-38-39-40-41-42-43-44-45-46-48-50-52-54-56-58-60-62-69(74)80-67(66-79-71(70(75)76)77-64-63-72(3,4)5)65-78-68(73)61-59-57-55-53-51-49-47-23-21-19-17-15-13-11-9-7-2/h8,10,14,16,20,22-23,25-26,28-29,31-32,34-35,37-38,47,67,71H,6-7,9,11-13,15,17-19,21,24,27,30,33,36,39-46,48-66H2,1-5H3/p+1/b10-8-,16-14-,22-20-,26-25-,29-28-,32-31-,35-34-,38-37-,47-23-. The lowest BCUT2D eigenvalue weighted by Gasteiger charge is -2.25. The number of rotatable bonds is 59. The minimum absolute atomic E-state index is 0.183. The van der Waals surface area contributed by atoms with Gasteiger partial charge >= 0.3 is 17.9 Å². The predicted octanol–water partition coefficient (Wildman–Crippen LogP) is 19.9. The smallest absolute Gasteiger partial charge is 0.361 e. The van der Waals surface area contributed by atoms with E-state index < -0.39 is 24.3 Å². The van der Waals surface area contributed by atoms with E-state index in [1.807, 2.05) is 21.1 Å². The molecule has 0 saturated heterocycles. The molecule has 9 heteroatoms. The molecular formula is C71H122NO8+. The van der Waals surface area contributed by atoms with Gasteiger partial charge in [-0.1, -0.05) is 258 Å². The molecule has 0 radical (unpaired) electrons. The highest BCUT2D eigenvalue weighted by Crippen LogP contribution is 2.16. The summed E-state index contributed by atoms with van der Waals surface area (Å²) in [6.45, 7) is 4.76. The summed E-state index contributed by atoms with van der Waals surface area (Å²) in [4.78, 5) is 37.5. The Morgan fingerprint density at radius 3 is 1.07 bits per heavy atom. The molecule has 0 heterocycles. The Balaban J connectivity index is 4.10. The van der Waals surface area contributed by atoms with E-state index >= 15 is 0 Å². The topological polar surface area (TPSA) is 108 Å². The number of nitrogens with zero attached hydrogens (tertiary/aromatic N) is 1. The summed E-state index contributed by atoms with van der Waals surface area (Å²) >= 11 is 0. The van der Waals surface area contributed by atoms with E-state index in [9.17, 15) is 19.5 Å². The first-order chi connectivity index (χ1) is 39.1. The van der Waals surface area contributed by atoms with Crippen molar-refractivity contribution in [1.82, 2.24) is 0 Å². The summed E-state index contributed by atoms with van der Waals surface area (Å²) in [7, 11) is 5.97. The molecule has 458 valence electrons. The van der Waals surface area contributed by atoms with Gasteiger partial charge in [-0.2, -0.15) is 0 Å². The van der Waals surface area contributed by atoms with Crippen LogP contribution in [0.3, 0.4) is 0 Å². The van der Waals surface area contributed by atoms with Crippen LogP contribution in [-0.4, -0.2) is 87.4 Å². The van der Waals surface area contributed by atoms with Crippen LogP contribution in [0.25, 0.3) is 0 Å². The number of aliphatic carboxylic acids is 1. The molecule has 0 aromatic rings. The van der Waals surface area contributed by atoms with E-state index in [0.717, 1.165) is 109 Å². The Kier molecular flexibility index (Phi) is 57.9. The van der Waals surface area contributed by atoms with E-state index in [4.69, 9.17) is 18.9 Å². The summed E-state index contributed by atoms with van der Waals surface area (Å²) in [5.41, 5.74) is 0. The molecule has 0 bridgehead atoms. The van der Waals surface area contributed by atoms with Crippen molar-refractivity contribution >= 4 is 17.9 Å². The van der Waals surface area contributed by atoms with Crippen molar-refractivity contribution in [2.75, 3.05) is 47.5 Å². The van der Waals surface area contributed by atoms with Crippen molar-refractivity contribution in [3.8, 4) is 0 Å². The normalized spacial score (nSPS) is 13.5. The van der Waals surface area contributed by atoms with Gasteiger partial charge in [0.25, 0.3) is 6.29 Å². The Morgan fingerprint density at radius 2 is 0.713 bits per heavy atom. The minimum atomic E-state index is -1.52. The number of ether oxygens (including phenoxy) is 4. The molecule has 2 atom stereocenters. The Labute approximate surface area is 492 Å². The second-order valence-corrected chi connectivity index (χ2v) is 22.7. The van der Waals surface area contributed by atoms with Crippen molar-refractivity contribution in [3.05, 3.63) is 109 Å². The molecule has 0 aromatic carbocycles. The van der Waals surface area contributed by atoms with Crippen molar-refractivity contribution < 1.29 is 42.9 Å². The highest BCUT2D eigenvalue weighted by Gasteiger charge is 2.25. The number of unbranched alkanes of at least 4 members (excludes halogenated alkanes) is 26. The first-order valence-corrected chi connectivity index (χ1v) is 32.6. The number of quaternary nitrogens is 1. The predicted molar refractivity (Wildman–Crippen MR) is 341 cm³/mol. The number of hydrogen-bond acceptors (Lipinski definition) is 7. The van der Waals surface area contributed by atoms with Gasteiger partial charge in [-0.25, -0.2) is 4.79 Å². The van der Waals surface area contributed by atoms with Crippen molar-refractivity contribution in [3.63, 3.8) is 0 Å². The molecule has 9 nitrogen and oxygen atoms in total. The third kappa shape index (κ3) is 61.6. The van der Waals surface area contributed by atoms with Crippen molar-refractivity contribution in [2.45, 2.75) is 277 Å². The van der Waals surface area contributed by atoms with Gasteiger partial charge < -0.3 is 28.5 Å². The molecule has 80 heavy (non-hydrogen) atoms. The molecule has 0 aromatic heterocycles. The number of allylic oxidation sites excluding steroid dienone is 18. The van der Waals surface area contributed by atoms with Crippen LogP contribution in [0.2, 0.25) is 0 Å². The number of carbonyl (C=O) groups excluding carboxylic acids is 2. The average Bonchev–Trinajstić information content (AvgIpc) is 3.43. The highest BCUT2D eigenvalue weighted by molar-refractivity contribution is 5.71. The van der Waals surface area contributed by atoms with E-state index in [2.05, 4.69) is 123 Å². The van der Waals surface area contributed by atoms with Crippen LogP contribution in [-0.2, 0) is 33.3 Å². The van der Waals surface area contributed by atoms with Crippen LogP contribution in [0.1, 0.15) is 264 Å². The van der Waals surface area contributed by atoms with Gasteiger partial charge in [-0.3, -0.25) is 9.59 Å². The second kappa shape index (κ2) is 61.0. The monoisotopic (exact) mass is 1120 g/mol. The summed E-state index contributed by atoms with van der Waals surface area (Å²) < 4.78 is 22.9. The van der Waals surface area contributed by atoms with Crippen LogP contribution >= 0.6 is 0 Å². The van der Waals surface area contributed by atoms with Gasteiger partial charge in [0.2, 0.25) is 0 Å². The minimum Gasteiger partial charge on any atom is -0.477 e. The quantitative estimate of drug-likeness (QED) is 0.0211. The fourth-order valence-corrected chi connectivity index (χ4v) is 8.79. The molecule has 0 amide bonds. The maximum atomic E-state index is 12.9. The Bertz CT molecular complexity index is 1680. The third-order valence-electron chi connectivity index (χ3n) is 13.8. The number of hydrogen-bond donors (Lipinski definition) is 1. The van der Waals surface area contributed by atoms with Crippen LogP contribution in [0.15, 0.2) is 109 Å². The molecule has 0 fully saturated rings. The molecule has 0 aliphatic rings. The highest BCUT2D eigenvalue weighted by atomic mass is 16.7. The van der Waals surface area contributed by atoms with Gasteiger partial charge in [0, 0.05) is 12.8 Å². The van der Waals surface area contributed by atoms with Crippen LogP contribution in [0, 0.1) is 0 Å². The molecule has 0 aliphatic heterocycles. The zero-order valence-corrected chi connectivity index (χ0v) is 52.2. The first-order valence-electron chi connectivity index (χ1n) is 32.6. The lowest BCUT2D eigenvalue weighted by atomic mass is 10.0. The lowest BCUT2D eigenvalue weighted by molar-refractivity contribution is -0.870. The number of carboxylic acid groups (broad SMARTS) is 1. The van der Waals surface area contributed by atoms with Crippen LogP contribution in [0.4, 0.5) is 0 Å². The maximum absolute atomic E-state index is 12.9. The molecular weight excluding hydrogens is 995 g/mol. The number of carbonyl (C=O) groups is 3. The fraction of sp³-hybridized carbons (Fsp3) is 0.704. The van der Waals surface area contributed by atoms with E-state index in [0.29, 0.717) is 17.4 Å². The second-order valence-electron chi connectivity index (χ2n) is 22.7. The van der Waals surface area contributed by atoms with Crippen molar-refractivity contribution in [1.29, 1.82) is 0 Å². The van der Waals surface area contributed by atoms with Crippen LogP contribution in [0.5, 0.6) is 0 Å². The van der Waals surface area contributed by atoms with Gasteiger partial charge in [-0.05, 0) is 103 Å². The molecule has 1 N–H and O–H groups in total. The fourth-order valence-electron chi connectivity index (χ4n) is 8.79. The number of esters is 2. The Morgan fingerprint density at radius 1 is 0.388 bits per heavy atom. The zero-order valence-electron chi connectivity index (χ0n) is 52.2. The molecule has 0 spiro atoms. The van der Waals surface area contributed by atoms with Gasteiger partial charge in [-0.15, -0.1) is 0 Å². The van der Waals surface area contributed by atoms with E-state index in [1.54, 1.807) is 0 Å². The molecule has 2 unspecified atom stereocenters. The van der Waals surface area contributed by atoms with Gasteiger partial charge in [0.05, 0.1) is 34.4 Å². The zero-order chi connectivity index (χ0) is 58.3. The van der Waals surface area contributed by atoms with E-state index in [1.165, 1.54) is 122 Å². The molecule has 0 aliphatic carbocycles. The summed E-state index contributed by atoms with van der Waals surface area (Å²) in [6.07, 6.45) is 81.9. The van der Waals surface area contributed by atoms with Gasteiger partial charge in [0.1, 0.15) is 13.2 Å². The lowest BCUT2D eigenvalue weighted by Crippen LogP contribution is -2.40. The summed E-state index contributed by atoms with van der Waals surface area (Å²) in [5.74, 6) is -2.02. The third-order valence-corrected chi connectivity index (χ3v) is 13.8. The summed E-state index contributed by atoms with van der Waals surface area (Å²) in [6, 6.07) is 0. The SMILES string of the molecule is CC/C=C\C/C=C\C/C=C\C/C=C\C/C=C\C/C=C\C/C=C\C/C=C\CCCCCCCCCCCCCCCCC(=O)OC(COC(=O)CCCCCCC/C=C\CCCCCCCCC)COC(OCC[N+](C)(C)C)C(=O)O. The maximum Gasteiger partial charge on any atom is 0.361 e. The largest absolute Gasteiger partial charge is 0.477 e. The van der Waals surface area contributed by atoms with Crippen LogP contribution < -0.4 is 0 Å². The summed E-state index contributed by atoms with van der Waals surface area (Å²) in [5, 5.41) is 9.71. The van der Waals surface area contributed by atoms with E-state index in [-0.39, 0.29) is 38.6 Å². The first kappa shape index (κ1) is 76.0. The average molecular weight is 1120 g/mol. The van der Waals surface area contributed by atoms with Crippen molar-refractivity contribution in [2.24, 2.45) is 0 Å². The molecule has 0 saturated carbocycles. The molecule has 0 rings (SSSR count).